The molecule has 5 nitrogen and oxygen atoms in total. The number of carbonyl (C=O) groups is 2. The van der Waals surface area contributed by atoms with Gasteiger partial charge in [0.2, 0.25) is 11.8 Å². The summed E-state index contributed by atoms with van der Waals surface area (Å²) < 4.78 is 0. The molecule has 21 heavy (non-hydrogen) atoms. The number of rotatable bonds is 7. The van der Waals surface area contributed by atoms with Gasteiger partial charge in [-0.2, -0.15) is 0 Å². The van der Waals surface area contributed by atoms with Crippen LogP contribution in [0.3, 0.4) is 0 Å². The Morgan fingerprint density at radius 1 is 1.14 bits per heavy atom. The fourth-order valence-electron chi connectivity index (χ4n) is 1.60. The minimum Gasteiger partial charge on any atom is -0.354 e. The summed E-state index contributed by atoms with van der Waals surface area (Å²) >= 11 is 11.9. The van der Waals surface area contributed by atoms with Gasteiger partial charge in [-0.25, -0.2) is 0 Å². The Bertz CT molecular complexity index is 487. The van der Waals surface area contributed by atoms with E-state index in [1.807, 2.05) is 13.8 Å². The average Bonchev–Trinajstić information content (AvgIpc) is 2.38. The van der Waals surface area contributed by atoms with Gasteiger partial charge in [-0.05, 0) is 26.0 Å². The first-order valence-corrected chi connectivity index (χ1v) is 7.39. The van der Waals surface area contributed by atoms with E-state index in [4.69, 9.17) is 23.2 Å². The van der Waals surface area contributed by atoms with Crippen LogP contribution in [0.15, 0.2) is 18.2 Å². The summed E-state index contributed by atoms with van der Waals surface area (Å²) in [5.41, 5.74) is 0.394. The molecule has 1 aromatic carbocycles. The maximum absolute atomic E-state index is 11.7. The van der Waals surface area contributed by atoms with Crippen molar-refractivity contribution in [2.75, 3.05) is 18.4 Å². The fourth-order valence-corrected chi connectivity index (χ4v) is 2.09. The standard InChI is InChI=1S/C14H19Cl2N3O2/c1-9(2)18-12(20)6-7-17-8-13(21)19-14-10(15)4-3-5-11(14)16/h3-5,9,17H,6-8H2,1-2H3,(H,18,20)(H,19,21). The Hall–Kier alpha value is -1.30. The first-order valence-electron chi connectivity index (χ1n) is 6.64. The van der Waals surface area contributed by atoms with E-state index in [9.17, 15) is 9.59 Å². The summed E-state index contributed by atoms with van der Waals surface area (Å²) in [6.45, 7) is 4.29. The van der Waals surface area contributed by atoms with Crippen molar-refractivity contribution in [3.63, 3.8) is 0 Å². The highest BCUT2D eigenvalue weighted by molar-refractivity contribution is 6.39. The Kier molecular flexibility index (Phi) is 7.50. The minimum atomic E-state index is -0.269. The Morgan fingerprint density at radius 2 is 1.76 bits per heavy atom. The zero-order valence-electron chi connectivity index (χ0n) is 12.0. The lowest BCUT2D eigenvalue weighted by atomic mass is 10.3. The molecule has 0 atom stereocenters. The third-order valence-corrected chi connectivity index (χ3v) is 3.12. The van der Waals surface area contributed by atoms with Crippen molar-refractivity contribution in [1.82, 2.24) is 10.6 Å². The predicted molar refractivity (Wildman–Crippen MR) is 85.9 cm³/mol. The minimum absolute atomic E-state index is 0.0490. The van der Waals surface area contributed by atoms with E-state index in [2.05, 4.69) is 16.0 Å². The second-order valence-electron chi connectivity index (χ2n) is 4.79. The molecular weight excluding hydrogens is 313 g/mol. The van der Waals surface area contributed by atoms with Crippen molar-refractivity contribution < 1.29 is 9.59 Å². The molecule has 0 saturated carbocycles. The molecule has 0 aliphatic carbocycles. The molecule has 0 heterocycles. The van der Waals surface area contributed by atoms with E-state index < -0.39 is 0 Å². The van der Waals surface area contributed by atoms with Crippen LogP contribution in [-0.2, 0) is 9.59 Å². The smallest absolute Gasteiger partial charge is 0.238 e. The number of hydrogen-bond donors (Lipinski definition) is 3. The molecule has 7 heteroatoms. The van der Waals surface area contributed by atoms with Crippen molar-refractivity contribution in [3.05, 3.63) is 28.2 Å². The van der Waals surface area contributed by atoms with Gasteiger partial charge in [0.1, 0.15) is 0 Å². The summed E-state index contributed by atoms with van der Waals surface area (Å²) in [5.74, 6) is -0.318. The maximum Gasteiger partial charge on any atom is 0.238 e. The second kappa shape index (κ2) is 8.87. The third kappa shape index (κ3) is 6.80. The molecule has 1 rings (SSSR count). The highest BCUT2D eigenvalue weighted by Crippen LogP contribution is 2.29. The summed E-state index contributed by atoms with van der Waals surface area (Å²) in [6.07, 6.45) is 0.318. The third-order valence-electron chi connectivity index (χ3n) is 2.49. The van der Waals surface area contributed by atoms with E-state index in [0.717, 1.165) is 0 Å². The molecule has 0 aliphatic rings. The summed E-state index contributed by atoms with van der Waals surface area (Å²) in [5, 5.41) is 9.06. The van der Waals surface area contributed by atoms with Gasteiger partial charge in [-0.3, -0.25) is 9.59 Å². The lowest BCUT2D eigenvalue weighted by molar-refractivity contribution is -0.121. The summed E-state index contributed by atoms with van der Waals surface area (Å²) in [6, 6.07) is 5.11. The van der Waals surface area contributed by atoms with Gasteiger partial charge >= 0.3 is 0 Å². The van der Waals surface area contributed by atoms with Crippen LogP contribution in [0.5, 0.6) is 0 Å². The van der Waals surface area contributed by atoms with Crippen molar-refractivity contribution in [3.8, 4) is 0 Å². The number of carbonyl (C=O) groups excluding carboxylic acids is 2. The number of amides is 2. The van der Waals surface area contributed by atoms with E-state index in [-0.39, 0.29) is 24.4 Å². The number of anilines is 1. The summed E-state index contributed by atoms with van der Waals surface area (Å²) in [7, 11) is 0. The SMILES string of the molecule is CC(C)NC(=O)CCNCC(=O)Nc1c(Cl)cccc1Cl. The Labute approximate surface area is 134 Å². The first-order chi connectivity index (χ1) is 9.90. The highest BCUT2D eigenvalue weighted by atomic mass is 35.5. The van der Waals surface area contributed by atoms with Gasteiger partial charge in [-0.1, -0.05) is 29.3 Å². The molecular formula is C14H19Cl2N3O2. The van der Waals surface area contributed by atoms with Crippen LogP contribution in [0, 0.1) is 0 Å². The number of halogens is 2. The molecule has 0 bridgehead atoms. The first kappa shape index (κ1) is 17.8. The lowest BCUT2D eigenvalue weighted by Gasteiger charge is -2.10. The van der Waals surface area contributed by atoms with E-state index in [1.165, 1.54) is 0 Å². The monoisotopic (exact) mass is 331 g/mol. The highest BCUT2D eigenvalue weighted by Gasteiger charge is 2.09. The van der Waals surface area contributed by atoms with Gasteiger partial charge in [-0.15, -0.1) is 0 Å². The fraction of sp³-hybridized carbons (Fsp3) is 0.429. The van der Waals surface area contributed by atoms with Crippen molar-refractivity contribution in [2.45, 2.75) is 26.3 Å². The lowest BCUT2D eigenvalue weighted by Crippen LogP contribution is -2.34. The van der Waals surface area contributed by atoms with E-state index in [0.29, 0.717) is 28.7 Å². The largest absolute Gasteiger partial charge is 0.354 e. The average molecular weight is 332 g/mol. The zero-order chi connectivity index (χ0) is 15.8. The number of para-hydroxylation sites is 1. The van der Waals surface area contributed by atoms with Gasteiger partial charge in [0.25, 0.3) is 0 Å². The molecule has 2 amide bonds. The number of hydrogen-bond acceptors (Lipinski definition) is 3. The quantitative estimate of drug-likeness (QED) is 0.672. The molecule has 0 aromatic heterocycles. The van der Waals surface area contributed by atoms with Crippen LogP contribution < -0.4 is 16.0 Å². The molecule has 1 aromatic rings. The van der Waals surface area contributed by atoms with Crippen LogP contribution in [0.2, 0.25) is 10.0 Å². The van der Waals surface area contributed by atoms with Gasteiger partial charge in [0, 0.05) is 19.0 Å². The Balaban J connectivity index is 2.30. The predicted octanol–water partition coefficient (Wildman–Crippen LogP) is 2.44. The summed E-state index contributed by atoms with van der Waals surface area (Å²) in [4.78, 5) is 23.1. The second-order valence-corrected chi connectivity index (χ2v) is 5.61. The van der Waals surface area contributed by atoms with Gasteiger partial charge < -0.3 is 16.0 Å². The molecule has 0 spiro atoms. The molecule has 0 radical (unpaired) electrons. The molecule has 0 saturated heterocycles. The van der Waals surface area contributed by atoms with Crippen molar-refractivity contribution in [2.24, 2.45) is 0 Å². The molecule has 3 N–H and O–H groups in total. The van der Waals surface area contributed by atoms with Crippen LogP contribution in [0.4, 0.5) is 5.69 Å². The zero-order valence-corrected chi connectivity index (χ0v) is 13.5. The van der Waals surface area contributed by atoms with E-state index >= 15 is 0 Å². The number of nitrogens with one attached hydrogen (secondary N) is 3. The van der Waals surface area contributed by atoms with Crippen LogP contribution in [0.1, 0.15) is 20.3 Å². The van der Waals surface area contributed by atoms with Crippen LogP contribution in [-0.4, -0.2) is 30.9 Å². The molecule has 0 fully saturated rings. The topological polar surface area (TPSA) is 70.2 Å². The molecule has 116 valence electrons. The maximum atomic E-state index is 11.7. The van der Waals surface area contributed by atoms with Crippen LogP contribution in [0.25, 0.3) is 0 Å². The van der Waals surface area contributed by atoms with E-state index in [1.54, 1.807) is 18.2 Å². The molecule has 0 aliphatic heterocycles. The Morgan fingerprint density at radius 3 is 2.33 bits per heavy atom. The number of benzene rings is 1. The van der Waals surface area contributed by atoms with Crippen LogP contribution >= 0.6 is 23.2 Å². The molecule has 0 unspecified atom stereocenters. The van der Waals surface area contributed by atoms with Gasteiger partial charge in [0.15, 0.2) is 0 Å². The van der Waals surface area contributed by atoms with Crippen molar-refractivity contribution >= 4 is 40.7 Å². The van der Waals surface area contributed by atoms with Crippen molar-refractivity contribution in [1.29, 1.82) is 0 Å². The van der Waals surface area contributed by atoms with Gasteiger partial charge in [0.05, 0.1) is 22.3 Å². The normalized spacial score (nSPS) is 10.5.